The Morgan fingerprint density at radius 2 is 2.00 bits per heavy atom. The van der Waals surface area contributed by atoms with E-state index in [0.29, 0.717) is 31.6 Å². The summed E-state index contributed by atoms with van der Waals surface area (Å²) in [6.07, 6.45) is 1.35. The van der Waals surface area contributed by atoms with Crippen molar-refractivity contribution >= 4 is 28.8 Å². The molecule has 0 saturated carbocycles. The zero-order chi connectivity index (χ0) is 21.6. The topological polar surface area (TPSA) is 93.5 Å². The van der Waals surface area contributed by atoms with E-state index in [4.69, 9.17) is 4.74 Å². The Morgan fingerprint density at radius 3 is 2.70 bits per heavy atom. The minimum absolute atomic E-state index is 0.172. The zero-order valence-corrected chi connectivity index (χ0v) is 17.9. The summed E-state index contributed by atoms with van der Waals surface area (Å²) in [7, 11) is 1.88. The van der Waals surface area contributed by atoms with Gasteiger partial charge in [-0.15, -0.1) is 0 Å². The quantitative estimate of drug-likeness (QED) is 0.766. The Labute approximate surface area is 175 Å². The van der Waals surface area contributed by atoms with E-state index in [1.54, 1.807) is 4.90 Å². The highest BCUT2D eigenvalue weighted by molar-refractivity contribution is 6.02. The zero-order valence-electron chi connectivity index (χ0n) is 17.9. The van der Waals surface area contributed by atoms with Gasteiger partial charge in [-0.05, 0) is 39.2 Å². The molecule has 3 heterocycles. The summed E-state index contributed by atoms with van der Waals surface area (Å²) < 4.78 is 7.34. The number of aryl methyl sites for hydroxylation is 1. The van der Waals surface area contributed by atoms with Gasteiger partial charge in [0.2, 0.25) is 11.8 Å². The average molecular weight is 412 g/mol. The molecule has 3 amide bonds. The highest BCUT2D eigenvalue weighted by Gasteiger charge is 2.34. The summed E-state index contributed by atoms with van der Waals surface area (Å²) in [4.78, 5) is 38.1. The predicted octanol–water partition coefficient (Wildman–Crippen LogP) is 2.82. The SMILES string of the molecule is Cn1nc(C2CCC(=O)NC2=O)c2cccc([C@@H]3CCN(C(=O)OC(C)(C)C)C3)c21. The minimum Gasteiger partial charge on any atom is -0.444 e. The molecule has 4 rings (SSSR count). The van der Waals surface area contributed by atoms with Crippen molar-refractivity contribution in [2.75, 3.05) is 13.1 Å². The number of imide groups is 1. The summed E-state index contributed by atoms with van der Waals surface area (Å²) in [6, 6.07) is 6.03. The molecule has 8 heteroatoms. The number of hydrogen-bond donors (Lipinski definition) is 1. The molecule has 0 radical (unpaired) electrons. The second-order valence-electron chi connectivity index (χ2n) is 9.17. The van der Waals surface area contributed by atoms with Crippen LogP contribution in [-0.4, -0.2) is 51.3 Å². The number of likely N-dealkylation sites (tertiary alicyclic amines) is 1. The van der Waals surface area contributed by atoms with Crippen molar-refractivity contribution in [3.63, 3.8) is 0 Å². The number of fused-ring (bicyclic) bond motifs is 1. The van der Waals surface area contributed by atoms with Gasteiger partial charge in [-0.2, -0.15) is 5.10 Å². The van der Waals surface area contributed by atoms with Gasteiger partial charge in [0, 0.05) is 37.9 Å². The first-order chi connectivity index (χ1) is 14.1. The van der Waals surface area contributed by atoms with Crippen LogP contribution in [0.3, 0.4) is 0 Å². The van der Waals surface area contributed by atoms with Crippen LogP contribution in [0.15, 0.2) is 18.2 Å². The molecule has 2 aliphatic heterocycles. The summed E-state index contributed by atoms with van der Waals surface area (Å²) in [5, 5.41) is 8.02. The van der Waals surface area contributed by atoms with Gasteiger partial charge in [0.15, 0.2) is 0 Å². The van der Waals surface area contributed by atoms with Gasteiger partial charge in [0.25, 0.3) is 0 Å². The highest BCUT2D eigenvalue weighted by atomic mass is 16.6. The predicted molar refractivity (Wildman–Crippen MR) is 111 cm³/mol. The molecule has 30 heavy (non-hydrogen) atoms. The molecule has 2 aliphatic rings. The van der Waals surface area contributed by atoms with Crippen molar-refractivity contribution in [1.29, 1.82) is 0 Å². The smallest absolute Gasteiger partial charge is 0.410 e. The summed E-state index contributed by atoms with van der Waals surface area (Å²) in [5.41, 5.74) is 2.29. The number of rotatable bonds is 2. The Balaban J connectivity index is 1.62. The summed E-state index contributed by atoms with van der Waals surface area (Å²) in [6.45, 7) is 6.84. The van der Waals surface area contributed by atoms with Crippen molar-refractivity contribution in [3.8, 4) is 0 Å². The van der Waals surface area contributed by atoms with E-state index < -0.39 is 11.5 Å². The Morgan fingerprint density at radius 1 is 1.23 bits per heavy atom. The third-order valence-corrected chi connectivity index (χ3v) is 5.77. The standard InChI is InChI=1S/C22H28N4O4/c1-22(2,3)30-21(29)26-11-10-13(12-26)14-6-5-7-15-18(24-25(4)19(14)15)16-8-9-17(27)23-20(16)28/h5-7,13,16H,8-12H2,1-4H3,(H,23,27,28)/t13-,16?/m1/s1. The molecule has 1 aromatic carbocycles. The van der Waals surface area contributed by atoms with Crippen molar-refractivity contribution < 1.29 is 19.1 Å². The molecule has 0 bridgehead atoms. The van der Waals surface area contributed by atoms with Gasteiger partial charge in [-0.1, -0.05) is 18.2 Å². The van der Waals surface area contributed by atoms with E-state index in [-0.39, 0.29) is 23.8 Å². The molecular weight excluding hydrogens is 384 g/mol. The number of para-hydroxylation sites is 1. The van der Waals surface area contributed by atoms with Crippen LogP contribution in [0, 0.1) is 0 Å². The molecule has 2 saturated heterocycles. The maximum absolute atomic E-state index is 12.5. The van der Waals surface area contributed by atoms with E-state index in [1.807, 2.05) is 44.6 Å². The summed E-state index contributed by atoms with van der Waals surface area (Å²) in [5.74, 6) is -0.770. The lowest BCUT2D eigenvalue weighted by Crippen LogP contribution is -2.39. The third-order valence-electron chi connectivity index (χ3n) is 5.77. The highest BCUT2D eigenvalue weighted by Crippen LogP contribution is 2.36. The van der Waals surface area contributed by atoms with Gasteiger partial charge in [0.05, 0.1) is 17.1 Å². The maximum atomic E-state index is 12.5. The lowest BCUT2D eigenvalue weighted by molar-refractivity contribution is -0.134. The maximum Gasteiger partial charge on any atom is 0.410 e. The van der Waals surface area contributed by atoms with Crippen LogP contribution in [0.25, 0.3) is 10.9 Å². The molecule has 2 fully saturated rings. The van der Waals surface area contributed by atoms with Crippen molar-refractivity contribution in [2.45, 2.75) is 57.5 Å². The van der Waals surface area contributed by atoms with Crippen LogP contribution in [0.2, 0.25) is 0 Å². The van der Waals surface area contributed by atoms with E-state index in [0.717, 1.165) is 22.9 Å². The number of nitrogens with zero attached hydrogens (tertiary/aromatic N) is 3. The monoisotopic (exact) mass is 412 g/mol. The number of amides is 3. The molecule has 2 atom stereocenters. The largest absolute Gasteiger partial charge is 0.444 e. The first-order valence-corrected chi connectivity index (χ1v) is 10.4. The molecule has 0 spiro atoms. The number of carbonyl (C=O) groups excluding carboxylic acids is 3. The van der Waals surface area contributed by atoms with E-state index in [1.165, 1.54) is 0 Å². The Bertz CT molecular complexity index is 1020. The molecule has 2 aromatic rings. The number of aromatic nitrogens is 2. The number of carbonyl (C=O) groups is 3. The lowest BCUT2D eigenvalue weighted by atomic mass is 9.90. The number of piperidine rings is 1. The van der Waals surface area contributed by atoms with Gasteiger partial charge in [-0.3, -0.25) is 19.6 Å². The summed E-state index contributed by atoms with van der Waals surface area (Å²) >= 11 is 0. The number of benzene rings is 1. The molecule has 1 aromatic heterocycles. The molecule has 1 N–H and O–H groups in total. The van der Waals surface area contributed by atoms with Gasteiger partial charge >= 0.3 is 6.09 Å². The fraction of sp³-hybridized carbons (Fsp3) is 0.545. The van der Waals surface area contributed by atoms with Crippen LogP contribution < -0.4 is 5.32 Å². The van der Waals surface area contributed by atoms with Gasteiger partial charge in [0.1, 0.15) is 5.60 Å². The molecule has 1 unspecified atom stereocenters. The van der Waals surface area contributed by atoms with Gasteiger partial charge < -0.3 is 9.64 Å². The van der Waals surface area contributed by atoms with Crippen LogP contribution in [-0.2, 0) is 21.4 Å². The molecular formula is C22H28N4O4. The van der Waals surface area contributed by atoms with Crippen molar-refractivity contribution in [1.82, 2.24) is 20.0 Å². The normalized spacial score (nSPS) is 22.5. The van der Waals surface area contributed by atoms with Gasteiger partial charge in [-0.25, -0.2) is 4.79 Å². The second kappa shape index (κ2) is 7.41. The number of ether oxygens (including phenoxy) is 1. The van der Waals surface area contributed by atoms with Crippen LogP contribution >= 0.6 is 0 Å². The Hall–Kier alpha value is -2.90. The fourth-order valence-corrected chi connectivity index (χ4v) is 4.44. The van der Waals surface area contributed by atoms with Crippen LogP contribution in [0.5, 0.6) is 0 Å². The van der Waals surface area contributed by atoms with E-state index in [2.05, 4.69) is 16.5 Å². The Kier molecular flexibility index (Phi) is 5.03. The fourth-order valence-electron chi connectivity index (χ4n) is 4.44. The lowest BCUT2D eigenvalue weighted by Gasteiger charge is -2.24. The van der Waals surface area contributed by atoms with E-state index >= 15 is 0 Å². The van der Waals surface area contributed by atoms with Crippen molar-refractivity contribution in [2.24, 2.45) is 7.05 Å². The van der Waals surface area contributed by atoms with E-state index in [9.17, 15) is 14.4 Å². The average Bonchev–Trinajstić information content (AvgIpc) is 3.26. The second-order valence-corrected chi connectivity index (χ2v) is 9.17. The third kappa shape index (κ3) is 3.78. The minimum atomic E-state index is -0.520. The van der Waals surface area contributed by atoms with Crippen LogP contribution in [0.1, 0.15) is 63.1 Å². The first kappa shape index (κ1) is 20.4. The molecule has 8 nitrogen and oxygen atoms in total. The number of nitrogens with one attached hydrogen (secondary N) is 1. The van der Waals surface area contributed by atoms with Crippen LogP contribution in [0.4, 0.5) is 4.79 Å². The van der Waals surface area contributed by atoms with Crippen molar-refractivity contribution in [3.05, 3.63) is 29.5 Å². The first-order valence-electron chi connectivity index (χ1n) is 10.4. The molecule has 160 valence electrons. The molecule has 0 aliphatic carbocycles. The number of hydrogen-bond acceptors (Lipinski definition) is 5.